The molecule has 0 bridgehead atoms. The Labute approximate surface area is 92.6 Å². The molecule has 0 aliphatic carbocycles. The van der Waals surface area contributed by atoms with Crippen LogP contribution in [0.25, 0.3) is 9.88 Å². The second-order valence-corrected chi connectivity index (χ2v) is 5.02. The summed E-state index contributed by atoms with van der Waals surface area (Å²) in [7, 11) is 0. The first-order chi connectivity index (χ1) is 6.66. The maximum atomic E-state index is 10.6. The maximum absolute atomic E-state index is 10.6. The number of carbonyl (C=O) groups is 1. The zero-order chi connectivity index (χ0) is 10.1. The molecule has 0 unspecified atom stereocenters. The Bertz CT molecular complexity index is 477. The Morgan fingerprint density at radius 3 is 2.79 bits per heavy atom. The predicted molar refractivity (Wildman–Crippen MR) is 57.4 cm³/mol. The molecule has 6 heteroatoms. The highest BCUT2D eigenvalue weighted by atomic mass is 35.5. The third kappa shape index (κ3) is 1.79. The Hall–Kier alpha value is -0.910. The summed E-state index contributed by atoms with van der Waals surface area (Å²) in [6.45, 7) is 0. The summed E-state index contributed by atoms with van der Waals surface area (Å²) in [6.07, 6.45) is 0. The van der Waals surface area contributed by atoms with Crippen LogP contribution in [0.15, 0.2) is 17.5 Å². The van der Waals surface area contributed by atoms with E-state index < -0.39 is 5.97 Å². The first-order valence-corrected chi connectivity index (χ1v) is 5.69. The summed E-state index contributed by atoms with van der Waals surface area (Å²) < 4.78 is 0.673. The lowest BCUT2D eigenvalue weighted by molar-refractivity contribution is 0.0691. The van der Waals surface area contributed by atoms with Crippen LogP contribution >= 0.6 is 34.3 Å². The number of hydrogen-bond acceptors (Lipinski definition) is 4. The average molecular weight is 246 g/mol. The van der Waals surface area contributed by atoms with Gasteiger partial charge >= 0.3 is 5.97 Å². The number of hydrogen-bond donors (Lipinski definition) is 1. The monoisotopic (exact) mass is 245 g/mol. The number of thiazole rings is 1. The topological polar surface area (TPSA) is 50.2 Å². The summed E-state index contributed by atoms with van der Waals surface area (Å²) in [4.78, 5) is 15.4. The van der Waals surface area contributed by atoms with Gasteiger partial charge < -0.3 is 5.11 Å². The Morgan fingerprint density at radius 1 is 1.50 bits per heavy atom. The highest BCUT2D eigenvalue weighted by Crippen LogP contribution is 2.32. The summed E-state index contributed by atoms with van der Waals surface area (Å²) in [5, 5.41) is 10.9. The number of carboxylic acids is 1. The average Bonchev–Trinajstić information content (AvgIpc) is 2.70. The summed E-state index contributed by atoms with van der Waals surface area (Å²) in [5.41, 5.74) is 0.0783. The van der Waals surface area contributed by atoms with Gasteiger partial charge in [-0.1, -0.05) is 11.6 Å². The van der Waals surface area contributed by atoms with Crippen LogP contribution in [0, 0.1) is 0 Å². The minimum Gasteiger partial charge on any atom is -0.476 e. The van der Waals surface area contributed by atoms with Gasteiger partial charge in [-0.2, -0.15) is 0 Å². The zero-order valence-electron chi connectivity index (χ0n) is 6.73. The van der Waals surface area contributed by atoms with Crippen molar-refractivity contribution >= 4 is 40.2 Å². The molecule has 3 nitrogen and oxygen atoms in total. The maximum Gasteiger partial charge on any atom is 0.355 e. The van der Waals surface area contributed by atoms with Gasteiger partial charge in [0.05, 0.1) is 9.21 Å². The van der Waals surface area contributed by atoms with Crippen molar-refractivity contribution in [3.63, 3.8) is 0 Å². The fourth-order valence-electron chi connectivity index (χ4n) is 0.914. The number of halogens is 1. The Kier molecular flexibility index (Phi) is 2.54. The fourth-order valence-corrected chi connectivity index (χ4v) is 2.82. The first kappa shape index (κ1) is 9.64. The largest absolute Gasteiger partial charge is 0.476 e. The molecule has 14 heavy (non-hydrogen) atoms. The van der Waals surface area contributed by atoms with E-state index in [0.717, 1.165) is 4.88 Å². The van der Waals surface area contributed by atoms with E-state index in [1.54, 1.807) is 6.07 Å². The number of carboxylic acid groups (broad SMARTS) is 1. The van der Waals surface area contributed by atoms with E-state index in [1.807, 2.05) is 6.07 Å². The molecule has 72 valence electrons. The van der Waals surface area contributed by atoms with Gasteiger partial charge in [0.2, 0.25) is 0 Å². The van der Waals surface area contributed by atoms with E-state index in [9.17, 15) is 4.79 Å². The van der Waals surface area contributed by atoms with E-state index in [0.29, 0.717) is 9.34 Å². The Balaban J connectivity index is 2.38. The number of aromatic nitrogens is 1. The number of rotatable bonds is 2. The number of aromatic carboxylic acids is 1. The van der Waals surface area contributed by atoms with Crippen LogP contribution in [0.5, 0.6) is 0 Å². The fraction of sp³-hybridized carbons (Fsp3) is 0. The lowest BCUT2D eigenvalue weighted by Gasteiger charge is -1.86. The molecule has 0 aliphatic heterocycles. The third-order valence-corrected chi connectivity index (χ3v) is 3.75. The van der Waals surface area contributed by atoms with Crippen molar-refractivity contribution in [1.82, 2.24) is 4.98 Å². The number of nitrogens with zero attached hydrogens (tertiary/aromatic N) is 1. The minimum atomic E-state index is -1.00. The van der Waals surface area contributed by atoms with Crippen LogP contribution in [-0.4, -0.2) is 16.1 Å². The molecule has 0 aliphatic rings. The third-order valence-electron chi connectivity index (χ3n) is 1.51. The Morgan fingerprint density at radius 2 is 2.29 bits per heavy atom. The molecule has 0 spiro atoms. The van der Waals surface area contributed by atoms with Crippen molar-refractivity contribution in [1.29, 1.82) is 0 Å². The van der Waals surface area contributed by atoms with E-state index in [4.69, 9.17) is 16.7 Å². The van der Waals surface area contributed by atoms with Crippen molar-refractivity contribution < 1.29 is 9.90 Å². The van der Waals surface area contributed by atoms with E-state index in [1.165, 1.54) is 28.1 Å². The second kappa shape index (κ2) is 3.68. The molecular weight excluding hydrogens is 242 g/mol. The minimum absolute atomic E-state index is 0.0783. The molecule has 2 aromatic rings. The van der Waals surface area contributed by atoms with E-state index >= 15 is 0 Å². The highest BCUT2D eigenvalue weighted by molar-refractivity contribution is 7.23. The highest BCUT2D eigenvalue weighted by Gasteiger charge is 2.11. The second-order valence-electron chi connectivity index (χ2n) is 2.45. The van der Waals surface area contributed by atoms with Crippen LogP contribution < -0.4 is 0 Å². The summed E-state index contributed by atoms with van der Waals surface area (Å²) in [5.74, 6) is -1.00. The molecule has 0 radical (unpaired) electrons. The van der Waals surface area contributed by atoms with Crippen molar-refractivity contribution in [2.75, 3.05) is 0 Å². The van der Waals surface area contributed by atoms with Gasteiger partial charge in [-0.05, 0) is 12.1 Å². The van der Waals surface area contributed by atoms with Crippen LogP contribution in [0.2, 0.25) is 4.34 Å². The molecule has 0 saturated heterocycles. The molecule has 2 rings (SSSR count). The van der Waals surface area contributed by atoms with Gasteiger partial charge in [-0.25, -0.2) is 9.78 Å². The van der Waals surface area contributed by atoms with Crippen LogP contribution in [0.3, 0.4) is 0 Å². The molecule has 0 saturated carbocycles. The van der Waals surface area contributed by atoms with Gasteiger partial charge in [0.25, 0.3) is 0 Å². The van der Waals surface area contributed by atoms with Gasteiger partial charge in [0.1, 0.15) is 5.01 Å². The standard InChI is InChI=1S/C8H4ClNO2S2/c9-6-2-1-5(14-6)7-10-4(3-13-7)8(11)12/h1-3H,(H,11,12). The summed E-state index contributed by atoms with van der Waals surface area (Å²) in [6, 6.07) is 3.60. The summed E-state index contributed by atoms with van der Waals surface area (Å²) >= 11 is 8.45. The molecule has 0 aromatic carbocycles. The van der Waals surface area contributed by atoms with Gasteiger partial charge in [-0.3, -0.25) is 0 Å². The number of thiophene rings is 1. The predicted octanol–water partition coefficient (Wildman–Crippen LogP) is 3.22. The normalized spacial score (nSPS) is 10.4. The smallest absolute Gasteiger partial charge is 0.355 e. The van der Waals surface area contributed by atoms with Crippen molar-refractivity contribution in [2.45, 2.75) is 0 Å². The molecule has 0 atom stereocenters. The van der Waals surface area contributed by atoms with E-state index in [-0.39, 0.29) is 5.69 Å². The van der Waals surface area contributed by atoms with Crippen LogP contribution in [0.1, 0.15) is 10.5 Å². The van der Waals surface area contributed by atoms with Crippen LogP contribution in [0.4, 0.5) is 0 Å². The van der Waals surface area contributed by atoms with Crippen LogP contribution in [-0.2, 0) is 0 Å². The van der Waals surface area contributed by atoms with Crippen molar-refractivity contribution in [2.24, 2.45) is 0 Å². The molecule has 2 aromatic heterocycles. The molecule has 2 heterocycles. The van der Waals surface area contributed by atoms with Gasteiger partial charge in [-0.15, -0.1) is 22.7 Å². The lowest BCUT2D eigenvalue weighted by atomic mass is 10.5. The van der Waals surface area contributed by atoms with Crippen molar-refractivity contribution in [3.05, 3.63) is 27.5 Å². The van der Waals surface area contributed by atoms with Gasteiger partial charge in [0, 0.05) is 5.38 Å². The molecule has 0 amide bonds. The molecular formula is C8H4ClNO2S2. The zero-order valence-corrected chi connectivity index (χ0v) is 9.12. The SMILES string of the molecule is O=C(O)c1csc(-c2ccc(Cl)s2)n1. The quantitative estimate of drug-likeness (QED) is 0.884. The lowest BCUT2D eigenvalue weighted by Crippen LogP contribution is -1.95. The van der Waals surface area contributed by atoms with Crippen molar-refractivity contribution in [3.8, 4) is 9.88 Å². The molecule has 0 fully saturated rings. The van der Waals surface area contributed by atoms with E-state index in [2.05, 4.69) is 4.98 Å². The molecule has 1 N–H and O–H groups in total. The van der Waals surface area contributed by atoms with Gasteiger partial charge in [0.15, 0.2) is 5.69 Å². The first-order valence-electron chi connectivity index (χ1n) is 3.61.